The zero-order chi connectivity index (χ0) is 6.53. The first kappa shape index (κ1) is 5.70. The topological polar surface area (TPSA) is 51.6 Å². The van der Waals surface area contributed by atoms with Crippen LogP contribution in [0.4, 0.5) is 5.82 Å². The minimum atomic E-state index is 0.348. The molecule has 3 heteroatoms. The van der Waals surface area contributed by atoms with E-state index in [1.54, 1.807) is 6.20 Å². The van der Waals surface area contributed by atoms with Crippen molar-refractivity contribution in [3.63, 3.8) is 0 Å². The van der Waals surface area contributed by atoms with Crippen LogP contribution >= 0.6 is 0 Å². The Hall–Kier alpha value is -1.43. The van der Waals surface area contributed by atoms with Gasteiger partial charge in [-0.25, -0.2) is 0 Å². The predicted octanol–water partition coefficient (Wildman–Crippen LogP) is 0.950. The summed E-state index contributed by atoms with van der Waals surface area (Å²) in [7, 11) is 0. The first-order valence-electron chi connectivity index (χ1n) is 2.67. The molecular formula is C6H7N3. The summed E-state index contributed by atoms with van der Waals surface area (Å²) in [6.07, 6.45) is 1.81. The summed E-state index contributed by atoms with van der Waals surface area (Å²) in [5.74, 6) is 0.886. The fourth-order valence-electron chi connectivity index (χ4n) is 0.575. The molecule has 0 spiro atoms. The fourth-order valence-corrected chi connectivity index (χ4v) is 0.575. The third-order valence-corrected chi connectivity index (χ3v) is 0.956. The highest BCUT2D eigenvalue weighted by molar-refractivity contribution is 5.34. The number of rotatable bonds is 2. The van der Waals surface area contributed by atoms with Crippen molar-refractivity contribution in [2.24, 2.45) is 0 Å². The first-order valence-corrected chi connectivity index (χ1v) is 2.67. The average molecular weight is 121 g/mol. The maximum absolute atomic E-state index is 8.14. The van der Waals surface area contributed by atoms with Gasteiger partial charge < -0.3 is 10.3 Å². The molecule has 0 saturated carbocycles. The highest BCUT2D eigenvalue weighted by atomic mass is 15.0. The lowest BCUT2D eigenvalue weighted by atomic mass is 10.6. The molecule has 2 N–H and O–H groups in total. The lowest BCUT2D eigenvalue weighted by molar-refractivity contribution is 1.26. The zero-order valence-corrected chi connectivity index (χ0v) is 4.89. The van der Waals surface area contributed by atoms with E-state index in [2.05, 4.69) is 10.3 Å². The molecule has 0 bridgehead atoms. The van der Waals surface area contributed by atoms with Gasteiger partial charge in [0.25, 0.3) is 0 Å². The molecule has 1 heterocycles. The SMILES string of the molecule is N#CCNc1ccc[nH]1. The molecule has 0 fully saturated rings. The molecular weight excluding hydrogens is 114 g/mol. The molecule has 1 aromatic heterocycles. The number of nitrogens with zero attached hydrogens (tertiary/aromatic N) is 1. The second-order valence-electron chi connectivity index (χ2n) is 1.60. The Bertz CT molecular complexity index is 195. The Balaban J connectivity index is 2.41. The van der Waals surface area contributed by atoms with Crippen LogP contribution in [0.3, 0.4) is 0 Å². The smallest absolute Gasteiger partial charge is 0.104 e. The third kappa shape index (κ3) is 1.50. The second-order valence-corrected chi connectivity index (χ2v) is 1.60. The number of H-pyrrole nitrogens is 1. The maximum Gasteiger partial charge on any atom is 0.104 e. The summed E-state index contributed by atoms with van der Waals surface area (Å²) in [5, 5.41) is 11.0. The number of aromatic nitrogens is 1. The highest BCUT2D eigenvalue weighted by Gasteiger charge is 1.85. The van der Waals surface area contributed by atoms with Gasteiger partial charge in [0.05, 0.1) is 6.07 Å². The first-order chi connectivity index (χ1) is 4.43. The molecule has 0 aliphatic carbocycles. The number of aromatic amines is 1. The number of anilines is 1. The van der Waals surface area contributed by atoms with E-state index in [9.17, 15) is 0 Å². The minimum absolute atomic E-state index is 0.348. The molecule has 1 aromatic rings. The number of nitriles is 1. The van der Waals surface area contributed by atoms with E-state index >= 15 is 0 Å². The van der Waals surface area contributed by atoms with Crippen molar-refractivity contribution < 1.29 is 0 Å². The van der Waals surface area contributed by atoms with E-state index in [-0.39, 0.29) is 0 Å². The van der Waals surface area contributed by atoms with Crippen LogP contribution in [0.25, 0.3) is 0 Å². The van der Waals surface area contributed by atoms with E-state index in [0.717, 1.165) is 5.82 Å². The van der Waals surface area contributed by atoms with Crippen LogP contribution < -0.4 is 5.32 Å². The van der Waals surface area contributed by atoms with Crippen LogP contribution in [0.5, 0.6) is 0 Å². The van der Waals surface area contributed by atoms with E-state index in [1.807, 2.05) is 18.2 Å². The zero-order valence-electron chi connectivity index (χ0n) is 4.89. The normalized spacial score (nSPS) is 8.33. The Labute approximate surface area is 53.3 Å². The van der Waals surface area contributed by atoms with Gasteiger partial charge >= 0.3 is 0 Å². The largest absolute Gasteiger partial charge is 0.359 e. The van der Waals surface area contributed by atoms with E-state index in [4.69, 9.17) is 5.26 Å². The van der Waals surface area contributed by atoms with E-state index < -0.39 is 0 Å². The van der Waals surface area contributed by atoms with Gasteiger partial charge in [0.1, 0.15) is 12.4 Å². The molecule has 0 amide bonds. The Morgan fingerprint density at radius 2 is 2.67 bits per heavy atom. The van der Waals surface area contributed by atoms with Crippen LogP contribution in [-0.4, -0.2) is 11.5 Å². The molecule has 9 heavy (non-hydrogen) atoms. The summed E-state index contributed by atoms with van der Waals surface area (Å²) in [6.45, 7) is 0.348. The molecule has 3 nitrogen and oxygen atoms in total. The predicted molar refractivity (Wildman–Crippen MR) is 34.9 cm³/mol. The molecule has 0 aliphatic rings. The Morgan fingerprint density at radius 3 is 3.22 bits per heavy atom. The van der Waals surface area contributed by atoms with Crippen molar-refractivity contribution in [2.75, 3.05) is 11.9 Å². The van der Waals surface area contributed by atoms with Gasteiger partial charge in [0.15, 0.2) is 0 Å². The van der Waals surface area contributed by atoms with E-state index in [0.29, 0.717) is 6.54 Å². The maximum atomic E-state index is 8.14. The molecule has 0 aliphatic heterocycles. The van der Waals surface area contributed by atoms with E-state index in [1.165, 1.54) is 0 Å². The highest BCUT2D eigenvalue weighted by Crippen LogP contribution is 1.98. The molecule has 0 aromatic carbocycles. The van der Waals surface area contributed by atoms with Crippen LogP contribution in [0.15, 0.2) is 18.3 Å². The summed E-state index contributed by atoms with van der Waals surface area (Å²) in [5.41, 5.74) is 0. The fraction of sp³-hybridized carbons (Fsp3) is 0.167. The summed E-state index contributed by atoms with van der Waals surface area (Å²) in [6, 6.07) is 5.72. The van der Waals surface area contributed by atoms with Gasteiger partial charge in [0, 0.05) is 6.20 Å². The lowest BCUT2D eigenvalue weighted by Gasteiger charge is -1.92. The van der Waals surface area contributed by atoms with Gasteiger partial charge in [-0.15, -0.1) is 0 Å². The Kier molecular flexibility index (Phi) is 1.76. The van der Waals surface area contributed by atoms with Gasteiger partial charge in [0.2, 0.25) is 0 Å². The van der Waals surface area contributed by atoms with Gasteiger partial charge in [-0.3, -0.25) is 0 Å². The monoisotopic (exact) mass is 121 g/mol. The van der Waals surface area contributed by atoms with Crippen LogP contribution in [0.1, 0.15) is 0 Å². The molecule has 0 radical (unpaired) electrons. The minimum Gasteiger partial charge on any atom is -0.359 e. The second kappa shape index (κ2) is 2.78. The van der Waals surface area contributed by atoms with Crippen molar-refractivity contribution >= 4 is 5.82 Å². The quantitative estimate of drug-likeness (QED) is 0.572. The van der Waals surface area contributed by atoms with Gasteiger partial charge in [-0.05, 0) is 12.1 Å². The van der Waals surface area contributed by atoms with Gasteiger partial charge in [-0.1, -0.05) is 0 Å². The summed E-state index contributed by atoms with van der Waals surface area (Å²) >= 11 is 0. The third-order valence-electron chi connectivity index (χ3n) is 0.956. The van der Waals surface area contributed by atoms with Crippen molar-refractivity contribution in [3.05, 3.63) is 18.3 Å². The summed E-state index contributed by atoms with van der Waals surface area (Å²) in [4.78, 5) is 2.91. The summed E-state index contributed by atoms with van der Waals surface area (Å²) < 4.78 is 0. The molecule has 0 saturated heterocycles. The van der Waals surface area contributed by atoms with Crippen molar-refractivity contribution in [1.82, 2.24) is 4.98 Å². The number of nitrogens with one attached hydrogen (secondary N) is 2. The molecule has 1 rings (SSSR count). The molecule has 0 atom stereocenters. The lowest BCUT2D eigenvalue weighted by Crippen LogP contribution is -1.97. The standard InChI is InChI=1S/C6H7N3/c7-3-5-9-6-2-1-4-8-6/h1-2,4,8-9H,5H2. The van der Waals surface area contributed by atoms with Crippen molar-refractivity contribution in [1.29, 1.82) is 5.26 Å². The average Bonchev–Trinajstić information content (AvgIpc) is 2.34. The molecule has 46 valence electrons. The molecule has 0 unspecified atom stereocenters. The number of hydrogen-bond acceptors (Lipinski definition) is 2. The number of hydrogen-bond donors (Lipinski definition) is 2. The van der Waals surface area contributed by atoms with Crippen LogP contribution in [0, 0.1) is 11.3 Å². The van der Waals surface area contributed by atoms with Crippen LogP contribution in [0.2, 0.25) is 0 Å². The van der Waals surface area contributed by atoms with Gasteiger partial charge in [-0.2, -0.15) is 5.26 Å². The van der Waals surface area contributed by atoms with Crippen molar-refractivity contribution in [2.45, 2.75) is 0 Å². The van der Waals surface area contributed by atoms with Crippen molar-refractivity contribution in [3.8, 4) is 6.07 Å². The Morgan fingerprint density at radius 1 is 1.78 bits per heavy atom. The van der Waals surface area contributed by atoms with Crippen LogP contribution in [-0.2, 0) is 0 Å².